The second-order valence-corrected chi connectivity index (χ2v) is 10.7. The quantitative estimate of drug-likeness (QED) is 0.307. The zero-order valence-corrected chi connectivity index (χ0v) is 21.3. The van der Waals surface area contributed by atoms with Crippen molar-refractivity contribution in [2.24, 2.45) is 0 Å². The molecule has 1 atom stereocenters. The molecule has 1 heterocycles. The first-order valence-corrected chi connectivity index (χ1v) is 13.4. The summed E-state index contributed by atoms with van der Waals surface area (Å²) in [5, 5.41) is 18.8. The molecular weight excluding hydrogens is 468 g/mol. The van der Waals surface area contributed by atoms with Crippen LogP contribution >= 0.6 is 0 Å². The number of H-pyrrole nitrogens is 1. The summed E-state index contributed by atoms with van der Waals surface area (Å²) in [6.07, 6.45) is 2.40. The van der Waals surface area contributed by atoms with Crippen LogP contribution in [0, 0.1) is 0 Å². The van der Waals surface area contributed by atoms with Gasteiger partial charge in [0.15, 0.2) is 0 Å². The van der Waals surface area contributed by atoms with Crippen molar-refractivity contribution in [1.29, 1.82) is 0 Å². The Morgan fingerprint density at radius 1 is 1.20 bits per heavy atom. The van der Waals surface area contributed by atoms with E-state index in [1.807, 2.05) is 18.2 Å². The third kappa shape index (κ3) is 7.69. The molecule has 190 valence electrons. The molecule has 0 fully saturated rings. The van der Waals surface area contributed by atoms with Crippen LogP contribution < -0.4 is 9.46 Å². The number of nitrogens with one attached hydrogen (secondary N) is 2. The highest BCUT2D eigenvalue weighted by Crippen LogP contribution is 2.25. The minimum Gasteiger partial charge on any atom is -0.494 e. The van der Waals surface area contributed by atoms with Gasteiger partial charge in [-0.05, 0) is 62.4 Å². The highest BCUT2D eigenvalue weighted by Gasteiger charge is 2.12. The van der Waals surface area contributed by atoms with Crippen molar-refractivity contribution < 1.29 is 23.1 Å². The molecule has 3 aromatic rings. The van der Waals surface area contributed by atoms with E-state index in [0.717, 1.165) is 35.2 Å². The summed E-state index contributed by atoms with van der Waals surface area (Å²) >= 11 is 0. The van der Waals surface area contributed by atoms with Crippen LogP contribution in [0.4, 0.5) is 5.69 Å². The van der Waals surface area contributed by atoms with Gasteiger partial charge in [-0.1, -0.05) is 12.1 Å². The number of amides is 1. The molecule has 0 spiro atoms. The second kappa shape index (κ2) is 12.0. The Labute approximate surface area is 206 Å². The molecule has 0 saturated heterocycles. The van der Waals surface area contributed by atoms with E-state index in [4.69, 9.17) is 4.74 Å². The summed E-state index contributed by atoms with van der Waals surface area (Å²) in [7, 11) is 0.134. The highest BCUT2D eigenvalue weighted by atomic mass is 32.2. The molecule has 0 aliphatic rings. The number of sulfonamides is 1. The molecule has 3 N–H and O–H groups in total. The number of benzene rings is 2. The van der Waals surface area contributed by atoms with Gasteiger partial charge in [-0.2, -0.15) is 5.10 Å². The van der Waals surface area contributed by atoms with Crippen LogP contribution in [0.2, 0.25) is 0 Å². The summed E-state index contributed by atoms with van der Waals surface area (Å²) in [4.78, 5) is 13.4. The van der Waals surface area contributed by atoms with Crippen molar-refractivity contribution in [3.63, 3.8) is 0 Å². The number of fused-ring (bicyclic) bond motifs is 1. The average Bonchev–Trinajstić information content (AvgIpc) is 3.24. The number of aromatic nitrogens is 2. The van der Waals surface area contributed by atoms with Gasteiger partial charge in [0, 0.05) is 43.4 Å². The van der Waals surface area contributed by atoms with E-state index in [-0.39, 0.29) is 11.7 Å². The van der Waals surface area contributed by atoms with Gasteiger partial charge in [-0.25, -0.2) is 8.42 Å². The fourth-order valence-corrected chi connectivity index (χ4v) is 4.27. The summed E-state index contributed by atoms with van der Waals surface area (Å²) in [6.45, 7) is 2.08. The summed E-state index contributed by atoms with van der Waals surface area (Å²) in [5.41, 5.74) is 2.85. The Morgan fingerprint density at radius 3 is 2.74 bits per heavy atom. The Balaban J connectivity index is 1.44. The summed E-state index contributed by atoms with van der Waals surface area (Å²) in [6, 6.07) is 12.6. The van der Waals surface area contributed by atoms with Gasteiger partial charge in [0.2, 0.25) is 15.9 Å². The number of aromatic amines is 1. The third-order valence-corrected chi connectivity index (χ3v) is 7.07. The average molecular weight is 503 g/mol. The fraction of sp³-hybridized carbons (Fsp3) is 0.440. The number of rotatable bonds is 13. The largest absolute Gasteiger partial charge is 0.494 e. The molecule has 1 amide bonds. The van der Waals surface area contributed by atoms with Crippen LogP contribution in [0.25, 0.3) is 10.9 Å². The minimum absolute atomic E-state index is 0.00813. The van der Waals surface area contributed by atoms with E-state index in [9.17, 15) is 18.3 Å². The van der Waals surface area contributed by atoms with Crippen molar-refractivity contribution >= 4 is 32.5 Å². The van der Waals surface area contributed by atoms with Crippen LogP contribution in [0.3, 0.4) is 0 Å². The molecule has 3 rings (SSSR count). The van der Waals surface area contributed by atoms with E-state index in [1.54, 1.807) is 50.2 Å². The third-order valence-electron chi connectivity index (χ3n) is 5.76. The molecular formula is C25H34N4O5S. The van der Waals surface area contributed by atoms with Crippen molar-refractivity contribution in [3.05, 3.63) is 53.7 Å². The number of unbranched alkanes of at least 4 members (excludes halogenated alkanes) is 1. The Morgan fingerprint density at radius 2 is 2.00 bits per heavy atom. The summed E-state index contributed by atoms with van der Waals surface area (Å²) < 4.78 is 31.9. The standard InChI is InChI=1S/C25H34N4O5S/c1-4-35(32,33)28-19-9-7-8-18(16-19)24(30)10-5-6-15-34-20-11-12-21-22(26-27-23(21)17-20)13-14-25(31)29(2)3/h7-9,11-12,16-17,24,28,30H,4-6,10,13-15H2,1-3H3,(H,26,27)/t24-/m0/s1. The van der Waals surface area contributed by atoms with Crippen molar-refractivity contribution in [2.75, 3.05) is 31.2 Å². The normalized spacial score (nSPS) is 12.5. The monoisotopic (exact) mass is 502 g/mol. The lowest BCUT2D eigenvalue weighted by Crippen LogP contribution is -2.21. The maximum absolute atomic E-state index is 11.8. The SMILES string of the molecule is CCS(=O)(=O)Nc1cccc([C@@H](O)CCCCOc2ccc3c(CCC(=O)N(C)C)[nH]nc3c2)c1. The molecule has 2 aromatic carbocycles. The molecule has 9 nitrogen and oxygen atoms in total. The fourth-order valence-electron chi connectivity index (χ4n) is 3.64. The number of aliphatic hydroxyl groups excluding tert-OH is 1. The van der Waals surface area contributed by atoms with Gasteiger partial charge in [-0.3, -0.25) is 14.6 Å². The second-order valence-electron chi connectivity index (χ2n) is 8.66. The zero-order chi connectivity index (χ0) is 25.4. The van der Waals surface area contributed by atoms with Gasteiger partial charge in [0.25, 0.3) is 0 Å². The first-order valence-electron chi connectivity index (χ1n) is 11.8. The van der Waals surface area contributed by atoms with Gasteiger partial charge >= 0.3 is 0 Å². The maximum Gasteiger partial charge on any atom is 0.232 e. The van der Waals surface area contributed by atoms with Gasteiger partial charge in [-0.15, -0.1) is 0 Å². The number of hydrogen-bond donors (Lipinski definition) is 3. The number of carbonyl (C=O) groups excluding carboxylic acids is 1. The van der Waals surface area contributed by atoms with Crippen molar-refractivity contribution in [1.82, 2.24) is 15.1 Å². The number of carbonyl (C=O) groups is 1. The smallest absolute Gasteiger partial charge is 0.232 e. The van der Waals surface area contributed by atoms with Gasteiger partial charge in [0.05, 0.1) is 24.0 Å². The number of aliphatic hydroxyl groups is 1. The summed E-state index contributed by atoms with van der Waals surface area (Å²) in [5.74, 6) is 0.786. The van der Waals surface area contributed by atoms with E-state index in [1.165, 1.54) is 0 Å². The number of anilines is 1. The van der Waals surface area contributed by atoms with Crippen LogP contribution in [0.5, 0.6) is 5.75 Å². The number of ether oxygens (including phenoxy) is 1. The van der Waals surface area contributed by atoms with Crippen LogP contribution in [0.1, 0.15) is 50.0 Å². The Hall–Kier alpha value is -3.11. The molecule has 0 bridgehead atoms. The molecule has 1 aromatic heterocycles. The topological polar surface area (TPSA) is 125 Å². The number of hydrogen-bond acceptors (Lipinski definition) is 6. The lowest BCUT2D eigenvalue weighted by atomic mass is 10.0. The minimum atomic E-state index is -3.36. The van der Waals surface area contributed by atoms with Crippen molar-refractivity contribution in [2.45, 2.75) is 45.1 Å². The molecule has 0 aliphatic carbocycles. The lowest BCUT2D eigenvalue weighted by molar-refractivity contribution is -0.128. The van der Waals surface area contributed by atoms with Crippen LogP contribution in [-0.4, -0.2) is 61.0 Å². The molecule has 10 heteroatoms. The first-order chi connectivity index (χ1) is 16.7. The van der Waals surface area contributed by atoms with Crippen molar-refractivity contribution in [3.8, 4) is 5.75 Å². The molecule has 35 heavy (non-hydrogen) atoms. The maximum atomic E-state index is 11.8. The van der Waals surface area contributed by atoms with E-state index >= 15 is 0 Å². The Bertz CT molecular complexity index is 1240. The number of nitrogens with zero attached hydrogens (tertiary/aromatic N) is 2. The predicted octanol–water partition coefficient (Wildman–Crippen LogP) is 3.63. The molecule has 0 radical (unpaired) electrons. The van der Waals surface area contributed by atoms with Crippen LogP contribution in [0.15, 0.2) is 42.5 Å². The number of aryl methyl sites for hydroxylation is 1. The van der Waals surface area contributed by atoms with E-state index in [2.05, 4.69) is 14.9 Å². The van der Waals surface area contributed by atoms with Gasteiger partial charge < -0.3 is 14.7 Å². The highest BCUT2D eigenvalue weighted by molar-refractivity contribution is 7.92. The first kappa shape index (κ1) is 26.5. The zero-order valence-electron chi connectivity index (χ0n) is 20.5. The molecule has 0 saturated carbocycles. The van der Waals surface area contributed by atoms with E-state index in [0.29, 0.717) is 37.1 Å². The van der Waals surface area contributed by atoms with E-state index < -0.39 is 16.1 Å². The predicted molar refractivity (Wildman–Crippen MR) is 137 cm³/mol. The molecule has 0 aliphatic heterocycles. The van der Waals surface area contributed by atoms with Gasteiger partial charge in [0.1, 0.15) is 5.75 Å². The molecule has 0 unspecified atom stereocenters. The Kier molecular flexibility index (Phi) is 9.11. The lowest BCUT2D eigenvalue weighted by Gasteiger charge is -2.13. The van der Waals surface area contributed by atoms with Crippen LogP contribution in [-0.2, 0) is 21.2 Å².